The summed E-state index contributed by atoms with van der Waals surface area (Å²) in [5, 5.41) is 2.50. The lowest BCUT2D eigenvalue weighted by molar-refractivity contribution is -0.168. The average Bonchev–Trinajstić information content (AvgIpc) is 3.04. The van der Waals surface area contributed by atoms with E-state index in [1.807, 2.05) is 18.2 Å². The lowest BCUT2D eigenvalue weighted by Gasteiger charge is -2.12. The standard InChI is InChI=1S/C13H14N2O2S/c16-13(15-8-3-9-17-15)7-6-12-14-10-4-1-2-5-11(10)18-12/h1-2,4-5H,3,6-9H2. The van der Waals surface area contributed by atoms with Gasteiger partial charge in [0.25, 0.3) is 0 Å². The smallest absolute Gasteiger partial charge is 0.246 e. The van der Waals surface area contributed by atoms with E-state index in [2.05, 4.69) is 11.1 Å². The van der Waals surface area contributed by atoms with Crippen LogP contribution in [-0.4, -0.2) is 29.1 Å². The predicted octanol–water partition coefficient (Wildman–Crippen LogP) is 2.39. The number of carbonyl (C=O) groups excluding carboxylic acids is 1. The van der Waals surface area contributed by atoms with Gasteiger partial charge in [-0.05, 0) is 18.6 Å². The summed E-state index contributed by atoms with van der Waals surface area (Å²) >= 11 is 1.66. The summed E-state index contributed by atoms with van der Waals surface area (Å²) in [6, 6.07) is 8.05. The van der Waals surface area contributed by atoms with Gasteiger partial charge in [-0.2, -0.15) is 0 Å². The number of nitrogens with zero attached hydrogens (tertiary/aromatic N) is 2. The predicted molar refractivity (Wildman–Crippen MR) is 70.2 cm³/mol. The van der Waals surface area contributed by atoms with E-state index in [-0.39, 0.29) is 5.91 Å². The molecule has 1 aliphatic heterocycles. The molecule has 0 radical (unpaired) electrons. The first-order chi connectivity index (χ1) is 8.83. The van der Waals surface area contributed by atoms with Crippen molar-refractivity contribution in [2.75, 3.05) is 13.2 Å². The molecule has 18 heavy (non-hydrogen) atoms. The quantitative estimate of drug-likeness (QED) is 0.853. The molecule has 2 heterocycles. The molecule has 1 aliphatic rings. The number of hydroxylamine groups is 2. The highest BCUT2D eigenvalue weighted by Gasteiger charge is 2.19. The lowest BCUT2D eigenvalue weighted by atomic mass is 10.3. The highest BCUT2D eigenvalue weighted by molar-refractivity contribution is 7.18. The SMILES string of the molecule is O=C(CCc1nc2ccccc2s1)N1CCCO1. The number of hydrogen-bond donors (Lipinski definition) is 0. The fourth-order valence-electron chi connectivity index (χ4n) is 2.01. The fraction of sp³-hybridized carbons (Fsp3) is 0.385. The van der Waals surface area contributed by atoms with Crippen LogP contribution in [0.15, 0.2) is 24.3 Å². The van der Waals surface area contributed by atoms with Crippen molar-refractivity contribution in [3.05, 3.63) is 29.3 Å². The van der Waals surface area contributed by atoms with E-state index in [1.165, 1.54) is 9.76 Å². The first-order valence-electron chi connectivity index (χ1n) is 6.11. The van der Waals surface area contributed by atoms with Crippen LogP contribution in [0.3, 0.4) is 0 Å². The molecule has 0 spiro atoms. The topological polar surface area (TPSA) is 42.4 Å². The Morgan fingerprint density at radius 2 is 2.33 bits per heavy atom. The number of fused-ring (bicyclic) bond motifs is 1. The van der Waals surface area contributed by atoms with E-state index in [1.54, 1.807) is 11.3 Å². The molecule has 1 fully saturated rings. The Kier molecular flexibility index (Phi) is 3.25. The maximum Gasteiger partial charge on any atom is 0.246 e. The van der Waals surface area contributed by atoms with Gasteiger partial charge in [0.1, 0.15) is 0 Å². The van der Waals surface area contributed by atoms with Crippen LogP contribution in [-0.2, 0) is 16.1 Å². The molecule has 5 heteroatoms. The lowest BCUT2D eigenvalue weighted by Crippen LogP contribution is -2.26. The van der Waals surface area contributed by atoms with Crippen LogP contribution in [0.5, 0.6) is 0 Å². The highest BCUT2D eigenvalue weighted by atomic mass is 32.1. The summed E-state index contributed by atoms with van der Waals surface area (Å²) in [5.74, 6) is 0.0618. The van der Waals surface area contributed by atoms with Crippen molar-refractivity contribution >= 4 is 27.5 Å². The summed E-state index contributed by atoms with van der Waals surface area (Å²) in [5.41, 5.74) is 1.02. The largest absolute Gasteiger partial charge is 0.273 e. The number of aromatic nitrogens is 1. The van der Waals surface area contributed by atoms with Gasteiger partial charge in [0.05, 0.1) is 28.4 Å². The van der Waals surface area contributed by atoms with Crippen molar-refractivity contribution in [2.45, 2.75) is 19.3 Å². The zero-order valence-electron chi connectivity index (χ0n) is 9.96. The Balaban J connectivity index is 1.63. The van der Waals surface area contributed by atoms with Gasteiger partial charge in [-0.3, -0.25) is 9.63 Å². The molecule has 94 valence electrons. The van der Waals surface area contributed by atoms with E-state index < -0.39 is 0 Å². The Morgan fingerprint density at radius 1 is 1.44 bits per heavy atom. The summed E-state index contributed by atoms with van der Waals surface area (Å²) < 4.78 is 1.18. The number of rotatable bonds is 3. The minimum Gasteiger partial charge on any atom is -0.273 e. The molecule has 4 nitrogen and oxygen atoms in total. The molecule has 0 saturated carbocycles. The second-order valence-corrected chi connectivity index (χ2v) is 5.37. The van der Waals surface area contributed by atoms with Crippen molar-refractivity contribution < 1.29 is 9.63 Å². The first kappa shape index (κ1) is 11.6. The molecule has 1 aromatic heterocycles. The van der Waals surface area contributed by atoms with E-state index in [9.17, 15) is 4.79 Å². The van der Waals surface area contributed by atoms with Gasteiger partial charge in [0, 0.05) is 12.8 Å². The maximum atomic E-state index is 11.8. The van der Waals surface area contributed by atoms with Crippen molar-refractivity contribution in [3.63, 3.8) is 0 Å². The van der Waals surface area contributed by atoms with Crippen LogP contribution in [0.2, 0.25) is 0 Å². The van der Waals surface area contributed by atoms with E-state index in [0.717, 1.165) is 23.5 Å². The third-order valence-electron chi connectivity index (χ3n) is 2.92. The molecule has 0 atom stereocenters. The Labute approximate surface area is 109 Å². The third-order valence-corrected chi connectivity index (χ3v) is 4.02. The summed E-state index contributed by atoms with van der Waals surface area (Å²) in [6.45, 7) is 1.38. The van der Waals surface area contributed by atoms with Crippen LogP contribution in [0.1, 0.15) is 17.8 Å². The molecule has 2 aromatic rings. The third kappa shape index (κ3) is 2.37. The number of thiazole rings is 1. The Morgan fingerprint density at radius 3 is 3.11 bits per heavy atom. The molecule has 3 rings (SSSR count). The summed E-state index contributed by atoms with van der Waals surface area (Å²) in [4.78, 5) is 21.6. The normalized spacial score (nSPS) is 15.4. The average molecular weight is 262 g/mol. The van der Waals surface area contributed by atoms with Gasteiger partial charge in [0.15, 0.2) is 0 Å². The number of amides is 1. The summed E-state index contributed by atoms with van der Waals surface area (Å²) in [7, 11) is 0. The monoisotopic (exact) mass is 262 g/mol. The van der Waals surface area contributed by atoms with Gasteiger partial charge < -0.3 is 0 Å². The van der Waals surface area contributed by atoms with Crippen LogP contribution >= 0.6 is 11.3 Å². The minimum absolute atomic E-state index is 0.0618. The number of benzene rings is 1. The van der Waals surface area contributed by atoms with E-state index >= 15 is 0 Å². The highest BCUT2D eigenvalue weighted by Crippen LogP contribution is 2.22. The molecule has 0 bridgehead atoms. The van der Waals surface area contributed by atoms with Crippen molar-refractivity contribution in [1.29, 1.82) is 0 Å². The minimum atomic E-state index is 0.0618. The van der Waals surface area contributed by atoms with Crippen molar-refractivity contribution in [3.8, 4) is 0 Å². The molecule has 1 amide bonds. The molecular formula is C13H14N2O2S. The number of carbonyl (C=O) groups is 1. The second kappa shape index (κ2) is 5.04. The summed E-state index contributed by atoms with van der Waals surface area (Å²) in [6.07, 6.45) is 2.10. The van der Waals surface area contributed by atoms with Crippen molar-refractivity contribution in [1.82, 2.24) is 10.0 Å². The van der Waals surface area contributed by atoms with Crippen LogP contribution in [0, 0.1) is 0 Å². The van der Waals surface area contributed by atoms with E-state index in [4.69, 9.17) is 4.84 Å². The number of hydrogen-bond acceptors (Lipinski definition) is 4. The van der Waals surface area contributed by atoms with Crippen LogP contribution in [0.25, 0.3) is 10.2 Å². The first-order valence-corrected chi connectivity index (χ1v) is 6.92. The van der Waals surface area contributed by atoms with Crippen LogP contribution < -0.4 is 0 Å². The van der Waals surface area contributed by atoms with Gasteiger partial charge >= 0.3 is 0 Å². The number of aryl methyl sites for hydroxylation is 1. The van der Waals surface area contributed by atoms with Crippen LogP contribution in [0.4, 0.5) is 0 Å². The Bertz CT molecular complexity index is 528. The van der Waals surface area contributed by atoms with Gasteiger partial charge in [-0.1, -0.05) is 12.1 Å². The zero-order chi connectivity index (χ0) is 12.4. The number of para-hydroxylation sites is 1. The fourth-order valence-corrected chi connectivity index (χ4v) is 2.98. The van der Waals surface area contributed by atoms with Crippen molar-refractivity contribution in [2.24, 2.45) is 0 Å². The molecule has 0 unspecified atom stereocenters. The molecule has 1 saturated heterocycles. The molecular weight excluding hydrogens is 248 g/mol. The zero-order valence-corrected chi connectivity index (χ0v) is 10.8. The van der Waals surface area contributed by atoms with Gasteiger partial charge in [-0.15, -0.1) is 11.3 Å². The Hall–Kier alpha value is -1.46. The van der Waals surface area contributed by atoms with Gasteiger partial charge in [-0.25, -0.2) is 10.0 Å². The molecule has 0 aliphatic carbocycles. The maximum absolute atomic E-state index is 11.8. The van der Waals surface area contributed by atoms with E-state index in [0.29, 0.717) is 19.4 Å². The van der Waals surface area contributed by atoms with Gasteiger partial charge in [0.2, 0.25) is 5.91 Å². The molecule has 1 aromatic carbocycles. The molecule has 0 N–H and O–H groups in total. The second-order valence-electron chi connectivity index (χ2n) is 4.26.